The normalized spacial score (nSPS) is 25.9. The average molecular weight is 287 g/mol. The number of aryl methyl sites for hydroxylation is 1. The van der Waals surface area contributed by atoms with Crippen molar-refractivity contribution in [3.63, 3.8) is 0 Å². The van der Waals surface area contributed by atoms with Crippen molar-refractivity contribution in [2.75, 3.05) is 18.0 Å². The largest absolute Gasteiger partial charge is 0.391 e. The minimum atomic E-state index is -0.482. The number of rotatable bonds is 1. The summed E-state index contributed by atoms with van der Waals surface area (Å²) in [5.41, 5.74) is 0.916. The van der Waals surface area contributed by atoms with Gasteiger partial charge in [0.1, 0.15) is 5.82 Å². The van der Waals surface area contributed by atoms with Gasteiger partial charge in [-0.1, -0.05) is 15.9 Å². The molecular formula is C11H15BrN2O2. The molecule has 16 heavy (non-hydrogen) atoms. The minimum absolute atomic E-state index is 0.448. The Hall–Kier alpha value is -0.650. The molecule has 0 radical (unpaired) electrons. The number of aliphatic hydroxyl groups is 2. The van der Waals surface area contributed by atoms with E-state index in [2.05, 4.69) is 20.9 Å². The second-order valence-electron chi connectivity index (χ2n) is 4.23. The quantitative estimate of drug-likeness (QED) is 0.811. The summed E-state index contributed by atoms with van der Waals surface area (Å²) in [5, 5.41) is 19.2. The molecule has 1 saturated heterocycles. The molecule has 0 saturated carbocycles. The van der Waals surface area contributed by atoms with E-state index in [1.54, 1.807) is 0 Å². The van der Waals surface area contributed by atoms with E-state index >= 15 is 0 Å². The van der Waals surface area contributed by atoms with Gasteiger partial charge in [0.15, 0.2) is 0 Å². The molecule has 1 aliphatic heterocycles. The maximum absolute atomic E-state index is 9.61. The molecule has 1 aliphatic rings. The van der Waals surface area contributed by atoms with Crippen LogP contribution in [0.2, 0.25) is 0 Å². The van der Waals surface area contributed by atoms with Crippen LogP contribution in [0.15, 0.2) is 16.6 Å². The van der Waals surface area contributed by atoms with Gasteiger partial charge in [-0.2, -0.15) is 0 Å². The van der Waals surface area contributed by atoms with Crippen LogP contribution in [0.4, 0.5) is 5.82 Å². The summed E-state index contributed by atoms with van der Waals surface area (Å²) >= 11 is 3.42. The lowest BCUT2D eigenvalue weighted by atomic mass is 10.1. The molecule has 0 bridgehead atoms. The Balaban J connectivity index is 2.22. The smallest absolute Gasteiger partial charge is 0.130 e. The van der Waals surface area contributed by atoms with Crippen molar-refractivity contribution in [3.8, 4) is 0 Å². The van der Waals surface area contributed by atoms with E-state index in [0.717, 1.165) is 16.0 Å². The fraction of sp³-hybridized carbons (Fsp3) is 0.545. The van der Waals surface area contributed by atoms with Gasteiger partial charge in [0.25, 0.3) is 0 Å². The van der Waals surface area contributed by atoms with Crippen molar-refractivity contribution in [1.29, 1.82) is 0 Å². The molecule has 0 amide bonds. The Morgan fingerprint density at radius 2 is 1.94 bits per heavy atom. The SMILES string of the molecule is Cc1cc(Br)cc(N2C[C@H](O)C[C@H](O)C2)n1. The second-order valence-corrected chi connectivity index (χ2v) is 5.15. The van der Waals surface area contributed by atoms with E-state index in [4.69, 9.17) is 0 Å². The summed E-state index contributed by atoms with van der Waals surface area (Å²) < 4.78 is 0.963. The first-order valence-electron chi connectivity index (χ1n) is 5.30. The van der Waals surface area contributed by atoms with Crippen LogP contribution in [0.5, 0.6) is 0 Å². The van der Waals surface area contributed by atoms with E-state index in [1.165, 1.54) is 0 Å². The molecule has 0 spiro atoms. The fourth-order valence-electron chi connectivity index (χ4n) is 2.01. The molecule has 0 unspecified atom stereocenters. The van der Waals surface area contributed by atoms with Crippen molar-refractivity contribution in [1.82, 2.24) is 4.98 Å². The molecule has 0 aliphatic carbocycles. The van der Waals surface area contributed by atoms with E-state index in [0.29, 0.717) is 19.5 Å². The molecule has 2 rings (SSSR count). The monoisotopic (exact) mass is 286 g/mol. The zero-order valence-electron chi connectivity index (χ0n) is 9.10. The summed E-state index contributed by atoms with van der Waals surface area (Å²) in [7, 11) is 0. The number of β-amino-alcohol motifs (C(OH)–C–C–N with tert-alkyl or cyclic N) is 2. The molecule has 2 N–H and O–H groups in total. The number of aromatic nitrogens is 1. The lowest BCUT2D eigenvalue weighted by molar-refractivity contribution is 0.0648. The van der Waals surface area contributed by atoms with Gasteiger partial charge in [0.2, 0.25) is 0 Å². The first-order chi connectivity index (χ1) is 7.54. The molecule has 5 heteroatoms. The summed E-state index contributed by atoms with van der Waals surface area (Å²) in [6.07, 6.45) is -0.515. The van der Waals surface area contributed by atoms with E-state index < -0.39 is 12.2 Å². The highest BCUT2D eigenvalue weighted by Crippen LogP contribution is 2.22. The Morgan fingerprint density at radius 1 is 1.31 bits per heavy atom. The number of halogens is 1. The minimum Gasteiger partial charge on any atom is -0.391 e. The van der Waals surface area contributed by atoms with Crippen LogP contribution >= 0.6 is 15.9 Å². The van der Waals surface area contributed by atoms with Gasteiger partial charge in [0, 0.05) is 29.7 Å². The second kappa shape index (κ2) is 4.69. The van der Waals surface area contributed by atoms with Crippen LogP contribution in [0.1, 0.15) is 12.1 Å². The number of nitrogens with zero attached hydrogens (tertiary/aromatic N) is 2. The van der Waals surface area contributed by atoms with Crippen LogP contribution in [-0.2, 0) is 0 Å². The molecule has 2 atom stereocenters. The highest BCUT2D eigenvalue weighted by molar-refractivity contribution is 9.10. The first kappa shape index (κ1) is 11.8. The predicted molar refractivity (Wildman–Crippen MR) is 65.5 cm³/mol. The molecule has 1 aromatic rings. The molecule has 88 valence electrons. The van der Waals surface area contributed by atoms with Crippen LogP contribution in [0.25, 0.3) is 0 Å². The van der Waals surface area contributed by atoms with Crippen LogP contribution < -0.4 is 4.90 Å². The van der Waals surface area contributed by atoms with Gasteiger partial charge in [-0.05, 0) is 19.1 Å². The average Bonchev–Trinajstić information content (AvgIpc) is 2.14. The summed E-state index contributed by atoms with van der Waals surface area (Å²) in [6, 6.07) is 3.83. The van der Waals surface area contributed by atoms with Crippen LogP contribution in [0.3, 0.4) is 0 Å². The first-order valence-corrected chi connectivity index (χ1v) is 6.09. The Kier molecular flexibility index (Phi) is 3.47. The number of piperidine rings is 1. The van der Waals surface area contributed by atoms with Gasteiger partial charge in [-0.3, -0.25) is 0 Å². The number of hydrogen-bond donors (Lipinski definition) is 2. The lowest BCUT2D eigenvalue weighted by Crippen LogP contribution is -2.46. The Labute approximate surface area is 103 Å². The molecule has 2 heterocycles. The topological polar surface area (TPSA) is 56.6 Å². The number of aliphatic hydroxyl groups excluding tert-OH is 2. The highest BCUT2D eigenvalue weighted by atomic mass is 79.9. The third-order valence-electron chi connectivity index (χ3n) is 2.64. The zero-order valence-corrected chi connectivity index (χ0v) is 10.7. The van der Waals surface area contributed by atoms with Crippen LogP contribution in [-0.4, -0.2) is 40.5 Å². The van der Waals surface area contributed by atoms with Crippen molar-refractivity contribution < 1.29 is 10.2 Å². The molecule has 4 nitrogen and oxygen atoms in total. The number of anilines is 1. The Morgan fingerprint density at radius 3 is 2.50 bits per heavy atom. The zero-order chi connectivity index (χ0) is 11.7. The van der Waals surface area contributed by atoms with Crippen molar-refractivity contribution >= 4 is 21.7 Å². The van der Waals surface area contributed by atoms with E-state index in [-0.39, 0.29) is 0 Å². The molecule has 1 aromatic heterocycles. The molecule has 1 fully saturated rings. The Bertz CT molecular complexity index is 356. The number of hydrogen-bond acceptors (Lipinski definition) is 4. The summed E-state index contributed by atoms with van der Waals surface area (Å²) in [6.45, 7) is 2.98. The van der Waals surface area contributed by atoms with Crippen molar-refractivity contribution in [2.45, 2.75) is 25.6 Å². The van der Waals surface area contributed by atoms with E-state index in [9.17, 15) is 10.2 Å². The predicted octanol–water partition coefficient (Wildman–Crippen LogP) is 1.08. The molecular weight excluding hydrogens is 272 g/mol. The van der Waals surface area contributed by atoms with Gasteiger partial charge in [-0.15, -0.1) is 0 Å². The molecule has 0 aromatic carbocycles. The van der Waals surface area contributed by atoms with Crippen LogP contribution in [0, 0.1) is 6.92 Å². The maximum atomic E-state index is 9.61. The van der Waals surface area contributed by atoms with Gasteiger partial charge in [-0.25, -0.2) is 4.98 Å². The van der Waals surface area contributed by atoms with Gasteiger partial charge in [0.05, 0.1) is 12.2 Å². The van der Waals surface area contributed by atoms with Gasteiger partial charge >= 0.3 is 0 Å². The summed E-state index contributed by atoms with van der Waals surface area (Å²) in [4.78, 5) is 6.31. The number of pyridine rings is 1. The van der Waals surface area contributed by atoms with Gasteiger partial charge < -0.3 is 15.1 Å². The lowest BCUT2D eigenvalue weighted by Gasteiger charge is -2.34. The fourth-order valence-corrected chi connectivity index (χ4v) is 2.54. The third-order valence-corrected chi connectivity index (χ3v) is 3.09. The van der Waals surface area contributed by atoms with Crippen molar-refractivity contribution in [3.05, 3.63) is 22.3 Å². The van der Waals surface area contributed by atoms with Crippen molar-refractivity contribution in [2.24, 2.45) is 0 Å². The standard InChI is InChI=1S/C11H15BrN2O2/c1-7-2-8(12)3-11(13-7)14-5-9(15)4-10(16)6-14/h2-3,9-10,15-16H,4-6H2,1H3/t9-,10+. The maximum Gasteiger partial charge on any atom is 0.130 e. The highest BCUT2D eigenvalue weighted by Gasteiger charge is 2.25. The summed E-state index contributed by atoms with van der Waals surface area (Å²) in [5.74, 6) is 0.796. The van der Waals surface area contributed by atoms with E-state index in [1.807, 2.05) is 24.0 Å². The third kappa shape index (κ3) is 2.72.